The first kappa shape index (κ1) is 17.4. The molecular formula is C20H21F2NO2. The predicted molar refractivity (Wildman–Crippen MR) is 91.7 cm³/mol. The SMILES string of the molecule is C=C1C=C(CCc2cccc(F)c2F)N(CC(=O)O)C2=C1CCCC2. The minimum absolute atomic E-state index is 0.121. The molecule has 0 saturated carbocycles. The molecule has 0 spiro atoms. The smallest absolute Gasteiger partial charge is 0.323 e. The van der Waals surface area contributed by atoms with E-state index in [4.69, 9.17) is 0 Å². The largest absolute Gasteiger partial charge is 0.480 e. The van der Waals surface area contributed by atoms with Gasteiger partial charge in [-0.1, -0.05) is 18.7 Å². The molecular weight excluding hydrogens is 324 g/mol. The number of aliphatic carboxylic acids is 1. The molecule has 1 aliphatic carbocycles. The maximum Gasteiger partial charge on any atom is 0.323 e. The average molecular weight is 345 g/mol. The molecule has 2 aliphatic rings. The predicted octanol–water partition coefficient (Wildman–Crippen LogP) is 4.57. The van der Waals surface area contributed by atoms with Gasteiger partial charge >= 0.3 is 5.97 Å². The van der Waals surface area contributed by atoms with Crippen molar-refractivity contribution in [2.45, 2.75) is 38.5 Å². The lowest BCUT2D eigenvalue weighted by Crippen LogP contribution is -2.33. The summed E-state index contributed by atoms with van der Waals surface area (Å²) in [6.07, 6.45) is 6.47. The lowest BCUT2D eigenvalue weighted by molar-refractivity contribution is -0.137. The Labute approximate surface area is 146 Å². The monoisotopic (exact) mass is 345 g/mol. The van der Waals surface area contributed by atoms with E-state index >= 15 is 0 Å². The summed E-state index contributed by atoms with van der Waals surface area (Å²) < 4.78 is 27.3. The van der Waals surface area contributed by atoms with Crippen LogP contribution >= 0.6 is 0 Å². The normalized spacial score (nSPS) is 17.4. The molecule has 0 atom stereocenters. The van der Waals surface area contributed by atoms with Crippen molar-refractivity contribution >= 4 is 5.97 Å². The molecule has 3 nitrogen and oxygen atoms in total. The van der Waals surface area contributed by atoms with Gasteiger partial charge in [-0.15, -0.1) is 0 Å². The molecule has 0 bridgehead atoms. The van der Waals surface area contributed by atoms with Crippen molar-refractivity contribution in [2.24, 2.45) is 0 Å². The van der Waals surface area contributed by atoms with E-state index in [1.165, 1.54) is 6.07 Å². The second-order valence-electron chi connectivity index (χ2n) is 6.49. The summed E-state index contributed by atoms with van der Waals surface area (Å²) >= 11 is 0. The number of allylic oxidation sites excluding steroid dienone is 5. The summed E-state index contributed by atoms with van der Waals surface area (Å²) in [7, 11) is 0. The summed E-state index contributed by atoms with van der Waals surface area (Å²) in [6, 6.07) is 4.14. The molecule has 5 heteroatoms. The Hall–Kier alpha value is -2.43. The van der Waals surface area contributed by atoms with Crippen LogP contribution in [0, 0.1) is 11.6 Å². The molecule has 25 heavy (non-hydrogen) atoms. The van der Waals surface area contributed by atoms with Crippen LogP contribution in [0.25, 0.3) is 0 Å². The Morgan fingerprint density at radius 1 is 1.20 bits per heavy atom. The summed E-state index contributed by atoms with van der Waals surface area (Å²) in [5.74, 6) is -2.60. The highest BCUT2D eigenvalue weighted by molar-refractivity contribution is 5.70. The van der Waals surface area contributed by atoms with E-state index in [1.54, 1.807) is 6.07 Å². The number of carboxylic acid groups (broad SMARTS) is 1. The van der Waals surface area contributed by atoms with Crippen LogP contribution in [-0.2, 0) is 11.2 Å². The van der Waals surface area contributed by atoms with Gasteiger partial charge in [-0.2, -0.15) is 0 Å². The number of hydrogen-bond acceptors (Lipinski definition) is 2. The van der Waals surface area contributed by atoms with Crippen LogP contribution < -0.4 is 0 Å². The summed E-state index contributed by atoms with van der Waals surface area (Å²) in [5, 5.41) is 9.28. The van der Waals surface area contributed by atoms with Crippen LogP contribution in [0.2, 0.25) is 0 Å². The van der Waals surface area contributed by atoms with E-state index in [2.05, 4.69) is 6.58 Å². The second-order valence-corrected chi connectivity index (χ2v) is 6.49. The highest BCUT2D eigenvalue weighted by Crippen LogP contribution is 2.38. The van der Waals surface area contributed by atoms with Gasteiger partial charge in [-0.05, 0) is 67.4 Å². The summed E-state index contributed by atoms with van der Waals surface area (Å²) in [6.45, 7) is 3.99. The molecule has 0 amide bonds. The molecule has 1 N–H and O–H groups in total. The van der Waals surface area contributed by atoms with Crippen LogP contribution in [-0.4, -0.2) is 22.5 Å². The summed E-state index contributed by atoms with van der Waals surface area (Å²) in [5.41, 5.74) is 4.16. The van der Waals surface area contributed by atoms with E-state index in [0.29, 0.717) is 18.4 Å². The van der Waals surface area contributed by atoms with E-state index in [9.17, 15) is 18.7 Å². The molecule has 3 rings (SSSR count). The van der Waals surface area contributed by atoms with Gasteiger partial charge < -0.3 is 10.0 Å². The number of rotatable bonds is 5. The molecule has 1 aliphatic heterocycles. The Bertz CT molecular complexity index is 780. The van der Waals surface area contributed by atoms with Gasteiger partial charge in [0.25, 0.3) is 0 Å². The third-order valence-electron chi connectivity index (χ3n) is 4.82. The van der Waals surface area contributed by atoms with Gasteiger partial charge in [-0.25, -0.2) is 8.78 Å². The number of carboxylic acids is 1. The van der Waals surface area contributed by atoms with Crippen molar-refractivity contribution in [3.8, 4) is 0 Å². The van der Waals surface area contributed by atoms with Crippen molar-refractivity contribution in [1.29, 1.82) is 0 Å². The quantitative estimate of drug-likeness (QED) is 0.850. The first-order valence-corrected chi connectivity index (χ1v) is 8.51. The van der Waals surface area contributed by atoms with Gasteiger partial charge in [0.05, 0.1) is 0 Å². The first-order valence-electron chi connectivity index (χ1n) is 8.51. The van der Waals surface area contributed by atoms with Crippen molar-refractivity contribution < 1.29 is 18.7 Å². The number of carbonyl (C=O) groups is 1. The highest BCUT2D eigenvalue weighted by Gasteiger charge is 2.27. The first-order chi connectivity index (χ1) is 12.0. The third-order valence-corrected chi connectivity index (χ3v) is 4.82. The van der Waals surface area contributed by atoms with E-state index in [-0.39, 0.29) is 6.54 Å². The summed E-state index contributed by atoms with van der Waals surface area (Å²) in [4.78, 5) is 13.1. The van der Waals surface area contributed by atoms with E-state index < -0.39 is 17.6 Å². The molecule has 0 radical (unpaired) electrons. The van der Waals surface area contributed by atoms with Crippen molar-refractivity contribution in [2.75, 3.05) is 6.54 Å². The van der Waals surface area contributed by atoms with Crippen molar-refractivity contribution in [3.05, 3.63) is 70.6 Å². The zero-order valence-corrected chi connectivity index (χ0v) is 14.0. The minimum Gasteiger partial charge on any atom is -0.480 e. The Morgan fingerprint density at radius 2 is 1.96 bits per heavy atom. The standard InChI is InChI=1S/C20H21F2NO2/c1-13-11-15(10-9-14-5-4-7-17(21)20(14)22)23(12-19(24)25)18-8-3-2-6-16(13)18/h4-5,7,11H,1-3,6,8-10,12H2,(H,24,25). The van der Waals surface area contributed by atoms with Crippen LogP contribution in [0.1, 0.15) is 37.7 Å². The Kier molecular flexibility index (Phi) is 5.02. The highest BCUT2D eigenvalue weighted by atomic mass is 19.2. The Balaban J connectivity index is 1.84. The molecule has 0 fully saturated rings. The van der Waals surface area contributed by atoms with Crippen molar-refractivity contribution in [1.82, 2.24) is 4.90 Å². The molecule has 1 aromatic carbocycles. The third kappa shape index (κ3) is 3.65. The van der Waals surface area contributed by atoms with E-state index in [1.807, 2.05) is 11.0 Å². The maximum absolute atomic E-state index is 13.9. The van der Waals surface area contributed by atoms with Gasteiger partial charge in [0.1, 0.15) is 6.54 Å². The number of hydrogen-bond donors (Lipinski definition) is 1. The molecule has 0 unspecified atom stereocenters. The number of nitrogens with zero attached hydrogens (tertiary/aromatic N) is 1. The van der Waals surface area contributed by atoms with Crippen LogP contribution in [0.5, 0.6) is 0 Å². The fourth-order valence-corrected chi connectivity index (χ4v) is 3.62. The van der Waals surface area contributed by atoms with Gasteiger partial charge in [0.2, 0.25) is 0 Å². The number of benzene rings is 1. The van der Waals surface area contributed by atoms with Crippen LogP contribution in [0.15, 0.2) is 53.4 Å². The molecule has 1 heterocycles. The fourth-order valence-electron chi connectivity index (χ4n) is 3.62. The Morgan fingerprint density at radius 3 is 2.72 bits per heavy atom. The second kappa shape index (κ2) is 7.21. The van der Waals surface area contributed by atoms with Crippen LogP contribution in [0.4, 0.5) is 8.78 Å². The topological polar surface area (TPSA) is 40.5 Å². The zero-order valence-electron chi connectivity index (χ0n) is 14.0. The van der Waals surface area contributed by atoms with E-state index in [0.717, 1.165) is 54.3 Å². The number of aryl methyl sites for hydroxylation is 1. The number of halogens is 2. The lowest BCUT2D eigenvalue weighted by Gasteiger charge is -2.37. The molecule has 0 aromatic heterocycles. The van der Waals surface area contributed by atoms with Gasteiger partial charge in [-0.3, -0.25) is 4.79 Å². The fraction of sp³-hybridized carbons (Fsp3) is 0.350. The van der Waals surface area contributed by atoms with Gasteiger partial charge in [0.15, 0.2) is 11.6 Å². The lowest BCUT2D eigenvalue weighted by atomic mass is 9.86. The molecule has 132 valence electrons. The maximum atomic E-state index is 13.9. The molecule has 1 aromatic rings. The zero-order chi connectivity index (χ0) is 18.0. The van der Waals surface area contributed by atoms with Crippen LogP contribution in [0.3, 0.4) is 0 Å². The van der Waals surface area contributed by atoms with Crippen molar-refractivity contribution in [3.63, 3.8) is 0 Å². The average Bonchev–Trinajstić information content (AvgIpc) is 2.59. The molecule has 0 saturated heterocycles. The van der Waals surface area contributed by atoms with Gasteiger partial charge in [0, 0.05) is 11.4 Å². The minimum atomic E-state index is -0.909.